The van der Waals surface area contributed by atoms with Crippen LogP contribution in [-0.4, -0.2) is 23.8 Å². The van der Waals surface area contributed by atoms with Gasteiger partial charge in [-0.15, -0.1) is 11.3 Å². The van der Waals surface area contributed by atoms with Gasteiger partial charge in [-0.25, -0.2) is 0 Å². The third-order valence-electron chi connectivity index (χ3n) is 5.08. The van der Waals surface area contributed by atoms with Crippen LogP contribution in [0, 0.1) is 6.92 Å². The molecule has 2 aromatic carbocycles. The minimum Gasteiger partial charge on any atom is -0.333 e. The molecule has 0 spiro atoms. The van der Waals surface area contributed by atoms with Gasteiger partial charge in [0, 0.05) is 17.5 Å². The van der Waals surface area contributed by atoms with Gasteiger partial charge in [0.25, 0.3) is 5.91 Å². The van der Waals surface area contributed by atoms with Gasteiger partial charge in [-0.2, -0.15) is 0 Å². The summed E-state index contributed by atoms with van der Waals surface area (Å²) in [5.74, 6) is -0.794. The Kier molecular flexibility index (Phi) is 4.96. The number of aryl methyl sites for hydroxylation is 1. The van der Waals surface area contributed by atoms with Crippen LogP contribution in [0.15, 0.2) is 60.0 Å². The second-order valence-electron chi connectivity index (χ2n) is 6.91. The number of rotatable bonds is 3. The molecule has 1 aromatic heterocycles. The maximum absolute atomic E-state index is 13.4. The summed E-state index contributed by atoms with van der Waals surface area (Å²) in [5.41, 5.74) is 2.89. The Morgan fingerprint density at radius 3 is 2.64 bits per heavy atom. The number of hydrogen-bond donors (Lipinski definition) is 1. The smallest absolute Gasteiger partial charge is 0.254 e. The molecule has 0 unspecified atom stereocenters. The van der Waals surface area contributed by atoms with Crippen molar-refractivity contribution in [3.05, 3.63) is 86.6 Å². The molecule has 3 aromatic rings. The molecule has 2 atom stereocenters. The molecule has 142 valence electrons. The fourth-order valence-electron chi connectivity index (χ4n) is 3.70. The number of nitrogens with zero attached hydrogens (tertiary/aromatic N) is 1. The fraction of sp³-hybridized carbons (Fsp3) is 0.182. The average molecular weight is 411 g/mol. The summed E-state index contributed by atoms with van der Waals surface area (Å²) in [7, 11) is 1.75. The van der Waals surface area contributed by atoms with Crippen LogP contribution in [-0.2, 0) is 4.79 Å². The lowest BCUT2D eigenvalue weighted by molar-refractivity contribution is -0.119. The van der Waals surface area contributed by atoms with Crippen molar-refractivity contribution in [3.8, 4) is 0 Å². The van der Waals surface area contributed by atoms with Crippen molar-refractivity contribution in [2.75, 3.05) is 12.4 Å². The highest BCUT2D eigenvalue weighted by Crippen LogP contribution is 2.44. The van der Waals surface area contributed by atoms with Gasteiger partial charge in [0.1, 0.15) is 0 Å². The zero-order valence-electron chi connectivity index (χ0n) is 15.5. The van der Waals surface area contributed by atoms with Crippen LogP contribution in [0.3, 0.4) is 0 Å². The van der Waals surface area contributed by atoms with Crippen molar-refractivity contribution < 1.29 is 9.59 Å². The van der Waals surface area contributed by atoms with E-state index in [9.17, 15) is 9.59 Å². The quantitative estimate of drug-likeness (QED) is 0.640. The summed E-state index contributed by atoms with van der Waals surface area (Å²) in [4.78, 5) is 29.0. The average Bonchev–Trinajstić information content (AvgIpc) is 3.21. The number of carbonyl (C=O) groups excluding carboxylic acids is 2. The van der Waals surface area contributed by atoms with Crippen LogP contribution >= 0.6 is 22.9 Å². The molecule has 0 saturated carbocycles. The van der Waals surface area contributed by atoms with E-state index < -0.39 is 5.92 Å². The minimum atomic E-state index is -0.532. The molecule has 4 rings (SSSR count). The van der Waals surface area contributed by atoms with Gasteiger partial charge in [-0.1, -0.05) is 41.9 Å². The summed E-state index contributed by atoms with van der Waals surface area (Å²) >= 11 is 7.87. The van der Waals surface area contributed by atoms with E-state index in [1.807, 2.05) is 54.8 Å². The van der Waals surface area contributed by atoms with Crippen molar-refractivity contribution >= 4 is 40.4 Å². The van der Waals surface area contributed by atoms with Crippen LogP contribution in [0.5, 0.6) is 0 Å². The van der Waals surface area contributed by atoms with Crippen molar-refractivity contribution in [1.82, 2.24) is 4.90 Å². The lowest BCUT2D eigenvalue weighted by Gasteiger charge is -2.39. The van der Waals surface area contributed by atoms with Crippen LogP contribution in [0.1, 0.15) is 38.3 Å². The highest BCUT2D eigenvalue weighted by molar-refractivity contribution is 7.10. The molecule has 1 N–H and O–H groups in total. The number of likely N-dealkylation sites (N-methyl/N-ethyl adjacent to an activating group) is 1. The normalized spacial score (nSPS) is 18.7. The van der Waals surface area contributed by atoms with Crippen LogP contribution in [0.4, 0.5) is 5.69 Å². The van der Waals surface area contributed by atoms with Gasteiger partial charge >= 0.3 is 0 Å². The molecule has 0 bridgehead atoms. The molecule has 0 fully saturated rings. The Labute approximate surface area is 172 Å². The van der Waals surface area contributed by atoms with Gasteiger partial charge in [0.15, 0.2) is 0 Å². The van der Waals surface area contributed by atoms with Crippen LogP contribution in [0.25, 0.3) is 0 Å². The maximum Gasteiger partial charge on any atom is 0.254 e. The predicted octanol–water partition coefficient (Wildman–Crippen LogP) is 5.26. The Morgan fingerprint density at radius 2 is 1.93 bits per heavy atom. The van der Waals surface area contributed by atoms with E-state index in [2.05, 4.69) is 5.32 Å². The number of halogens is 1. The number of thiophene rings is 1. The molecular formula is C22H19ClN2O2S. The van der Waals surface area contributed by atoms with E-state index in [0.717, 1.165) is 16.0 Å². The van der Waals surface area contributed by atoms with Crippen molar-refractivity contribution in [2.45, 2.75) is 18.9 Å². The number of carbonyl (C=O) groups is 2. The van der Waals surface area contributed by atoms with E-state index in [1.165, 1.54) is 0 Å². The van der Waals surface area contributed by atoms with Crippen molar-refractivity contribution in [3.63, 3.8) is 0 Å². The highest BCUT2D eigenvalue weighted by atomic mass is 35.5. The zero-order valence-corrected chi connectivity index (χ0v) is 17.1. The molecule has 4 nitrogen and oxygen atoms in total. The highest BCUT2D eigenvalue weighted by Gasteiger charge is 2.43. The number of anilines is 1. The first-order valence-corrected chi connectivity index (χ1v) is 10.2. The van der Waals surface area contributed by atoms with Gasteiger partial charge in [-0.05, 0) is 47.7 Å². The fourth-order valence-corrected chi connectivity index (χ4v) is 4.89. The van der Waals surface area contributed by atoms with Crippen molar-refractivity contribution in [2.24, 2.45) is 0 Å². The predicted molar refractivity (Wildman–Crippen MR) is 113 cm³/mol. The molecule has 6 heteroatoms. The summed E-state index contributed by atoms with van der Waals surface area (Å²) in [5, 5.41) is 5.42. The maximum atomic E-state index is 13.4. The second kappa shape index (κ2) is 7.41. The van der Waals surface area contributed by atoms with Gasteiger partial charge in [0.2, 0.25) is 5.91 Å². The van der Waals surface area contributed by atoms with Crippen LogP contribution in [0.2, 0.25) is 5.02 Å². The number of hydrogen-bond acceptors (Lipinski definition) is 3. The molecule has 1 aliphatic heterocycles. The first-order chi connectivity index (χ1) is 13.5. The molecule has 1 aliphatic rings. The Balaban J connectivity index is 1.79. The van der Waals surface area contributed by atoms with E-state index in [-0.39, 0.29) is 17.9 Å². The lowest BCUT2D eigenvalue weighted by Crippen LogP contribution is -2.43. The lowest BCUT2D eigenvalue weighted by atomic mass is 9.81. The van der Waals surface area contributed by atoms with Crippen molar-refractivity contribution in [1.29, 1.82) is 0 Å². The Hall–Kier alpha value is -2.63. The second-order valence-corrected chi connectivity index (χ2v) is 8.30. The van der Waals surface area contributed by atoms with Gasteiger partial charge in [0.05, 0.1) is 22.7 Å². The monoisotopic (exact) mass is 410 g/mol. The standard InChI is InChI=1S/C22H19ClN2O2S/c1-13-9-10-17(16(23)12-13)24-21(26)19-14-6-3-4-7-15(14)22(27)25(2)20(19)18-8-5-11-28-18/h3-12,19-20H,1-2H3,(H,24,26)/t19-,20+/m0/s1. The SMILES string of the molecule is Cc1ccc(NC(=O)[C@H]2c3ccccc3C(=O)N(C)[C@@H]2c2cccs2)c(Cl)c1. The Bertz CT molecular complexity index is 1050. The van der Waals surface area contributed by atoms with Crippen LogP contribution < -0.4 is 5.32 Å². The number of nitrogens with one attached hydrogen (secondary N) is 1. The molecule has 28 heavy (non-hydrogen) atoms. The topological polar surface area (TPSA) is 49.4 Å². The summed E-state index contributed by atoms with van der Waals surface area (Å²) in [6.45, 7) is 1.95. The minimum absolute atomic E-state index is 0.0774. The van der Waals surface area contributed by atoms with E-state index in [4.69, 9.17) is 11.6 Å². The first-order valence-electron chi connectivity index (χ1n) is 8.94. The summed E-state index contributed by atoms with van der Waals surface area (Å²) in [6, 6.07) is 16.4. The largest absolute Gasteiger partial charge is 0.333 e. The Morgan fingerprint density at radius 1 is 1.14 bits per heavy atom. The first kappa shape index (κ1) is 18.7. The summed E-state index contributed by atoms with van der Waals surface area (Å²) < 4.78 is 0. The van der Waals surface area contributed by atoms with Gasteiger partial charge in [-0.3, -0.25) is 9.59 Å². The summed E-state index contributed by atoms with van der Waals surface area (Å²) in [6.07, 6.45) is 0. The van der Waals surface area contributed by atoms with E-state index in [0.29, 0.717) is 16.3 Å². The third-order valence-corrected chi connectivity index (χ3v) is 6.33. The number of benzene rings is 2. The van der Waals surface area contributed by atoms with Gasteiger partial charge < -0.3 is 10.2 Å². The molecule has 0 saturated heterocycles. The number of amides is 2. The molecule has 0 aliphatic carbocycles. The molecule has 0 radical (unpaired) electrons. The third kappa shape index (κ3) is 3.21. The number of fused-ring (bicyclic) bond motifs is 1. The molecular weight excluding hydrogens is 392 g/mol. The zero-order chi connectivity index (χ0) is 19.8. The van der Waals surface area contributed by atoms with E-state index >= 15 is 0 Å². The molecule has 2 heterocycles. The molecule has 2 amide bonds. The van der Waals surface area contributed by atoms with E-state index in [1.54, 1.807) is 35.4 Å².